The minimum absolute atomic E-state index is 0. The molecule has 0 spiro atoms. The summed E-state index contributed by atoms with van der Waals surface area (Å²) in [4.78, 5) is 2.73. The van der Waals surface area contributed by atoms with E-state index < -0.39 is 10.0 Å². The molecule has 2 saturated heterocycles. The fourth-order valence-electron chi connectivity index (χ4n) is 4.40. The van der Waals surface area contributed by atoms with Crippen molar-refractivity contribution >= 4 is 44.6 Å². The molecule has 0 saturated carbocycles. The van der Waals surface area contributed by atoms with E-state index >= 15 is 0 Å². The lowest BCUT2D eigenvalue weighted by atomic mass is 10.1. The number of hydrogen-bond acceptors (Lipinski definition) is 4. The molecule has 0 radical (unpaired) electrons. The third-order valence-electron chi connectivity index (χ3n) is 5.84. The van der Waals surface area contributed by atoms with Gasteiger partial charge in [0.05, 0.1) is 10.6 Å². The standard InChI is InChI=1S/C22H23N3O2S.ClH/c1-15-6-8-18(9-7-15)28(26,27)24-21-10-11-22(20-5-3-2-4-19(20)21)25-14-16-12-17(25)13-23-16;/h2-11,16-17,23-24H,12-14H2,1H3;1H. The Morgan fingerprint density at radius 1 is 1.00 bits per heavy atom. The lowest BCUT2D eigenvalue weighted by molar-refractivity contribution is 0.581. The van der Waals surface area contributed by atoms with Crippen molar-refractivity contribution in [2.45, 2.75) is 30.3 Å². The summed E-state index contributed by atoms with van der Waals surface area (Å²) in [7, 11) is -3.64. The van der Waals surface area contributed by atoms with Crippen molar-refractivity contribution in [2.24, 2.45) is 0 Å². The number of hydrogen-bond donors (Lipinski definition) is 2. The predicted octanol–water partition coefficient (Wildman–Crippen LogP) is 3.92. The fraction of sp³-hybridized carbons (Fsp3) is 0.273. The number of anilines is 2. The maximum Gasteiger partial charge on any atom is 0.261 e. The summed E-state index contributed by atoms with van der Waals surface area (Å²) in [6.45, 7) is 3.96. The van der Waals surface area contributed by atoms with Crippen LogP contribution in [0.15, 0.2) is 65.6 Å². The Hall–Kier alpha value is -2.28. The van der Waals surface area contributed by atoms with E-state index in [4.69, 9.17) is 0 Å². The van der Waals surface area contributed by atoms with Crippen LogP contribution in [0.4, 0.5) is 11.4 Å². The highest BCUT2D eigenvalue weighted by atomic mass is 35.5. The number of aryl methyl sites for hydroxylation is 1. The molecule has 5 nitrogen and oxygen atoms in total. The molecule has 2 bridgehead atoms. The minimum Gasteiger partial charge on any atom is -0.365 e. The van der Waals surface area contributed by atoms with Crippen molar-refractivity contribution in [2.75, 3.05) is 22.7 Å². The van der Waals surface area contributed by atoms with Gasteiger partial charge in [-0.1, -0.05) is 42.0 Å². The summed E-state index contributed by atoms with van der Waals surface area (Å²) in [5.74, 6) is 0. The molecule has 3 aromatic carbocycles. The van der Waals surface area contributed by atoms with Crippen LogP contribution in [0.2, 0.25) is 0 Å². The van der Waals surface area contributed by atoms with Gasteiger partial charge in [-0.3, -0.25) is 4.72 Å². The first-order valence-corrected chi connectivity index (χ1v) is 11.1. The van der Waals surface area contributed by atoms with Crippen molar-refractivity contribution in [3.63, 3.8) is 0 Å². The second-order valence-electron chi connectivity index (χ2n) is 7.74. The van der Waals surface area contributed by atoms with Crippen molar-refractivity contribution in [1.29, 1.82) is 0 Å². The largest absolute Gasteiger partial charge is 0.365 e. The van der Waals surface area contributed by atoms with E-state index in [9.17, 15) is 8.42 Å². The van der Waals surface area contributed by atoms with E-state index in [0.717, 1.165) is 29.4 Å². The molecule has 2 N–H and O–H groups in total. The molecule has 3 aromatic rings. The maximum atomic E-state index is 12.9. The molecule has 0 aliphatic carbocycles. The van der Waals surface area contributed by atoms with E-state index in [-0.39, 0.29) is 17.3 Å². The van der Waals surface area contributed by atoms with Crippen LogP contribution in [-0.4, -0.2) is 33.6 Å². The summed E-state index contributed by atoms with van der Waals surface area (Å²) < 4.78 is 28.5. The molecule has 152 valence electrons. The van der Waals surface area contributed by atoms with Gasteiger partial charge in [0.2, 0.25) is 0 Å². The third-order valence-corrected chi connectivity index (χ3v) is 7.22. The SMILES string of the molecule is Cc1ccc(S(=O)(=O)Nc2ccc(N3CC4CC3CN4)c3ccccc23)cc1.Cl. The van der Waals surface area contributed by atoms with Crippen LogP contribution in [0.25, 0.3) is 10.8 Å². The van der Waals surface area contributed by atoms with Crippen molar-refractivity contribution in [3.05, 3.63) is 66.2 Å². The Morgan fingerprint density at radius 2 is 1.72 bits per heavy atom. The van der Waals surface area contributed by atoms with Gasteiger partial charge < -0.3 is 10.2 Å². The number of halogens is 1. The molecule has 5 rings (SSSR count). The van der Waals surface area contributed by atoms with Crippen LogP contribution < -0.4 is 14.9 Å². The first-order chi connectivity index (χ1) is 13.5. The summed E-state index contributed by atoms with van der Waals surface area (Å²) in [5, 5.41) is 5.54. The summed E-state index contributed by atoms with van der Waals surface area (Å²) >= 11 is 0. The van der Waals surface area contributed by atoms with Gasteiger partial charge in [0.25, 0.3) is 10.0 Å². The zero-order valence-electron chi connectivity index (χ0n) is 16.1. The quantitative estimate of drug-likeness (QED) is 0.659. The van der Waals surface area contributed by atoms with Gasteiger partial charge in [-0.15, -0.1) is 12.4 Å². The van der Waals surface area contributed by atoms with E-state index in [0.29, 0.717) is 17.8 Å². The highest BCUT2D eigenvalue weighted by Crippen LogP contribution is 2.37. The summed E-state index contributed by atoms with van der Waals surface area (Å²) in [6, 6.07) is 19.9. The Bertz CT molecular complexity index is 1150. The number of benzene rings is 3. The predicted molar refractivity (Wildman–Crippen MR) is 121 cm³/mol. The summed E-state index contributed by atoms with van der Waals surface area (Å²) in [6.07, 6.45) is 1.18. The van der Waals surface area contributed by atoms with Crippen LogP contribution in [0.5, 0.6) is 0 Å². The molecule has 2 fully saturated rings. The molecule has 2 heterocycles. The van der Waals surface area contributed by atoms with Crippen molar-refractivity contribution < 1.29 is 8.42 Å². The normalized spacial score (nSPS) is 20.7. The average Bonchev–Trinajstić information content (AvgIpc) is 3.32. The molecule has 2 aliphatic rings. The van der Waals surface area contributed by atoms with E-state index in [1.807, 2.05) is 43.3 Å². The first-order valence-electron chi connectivity index (χ1n) is 9.62. The molecular formula is C22H24ClN3O2S. The second-order valence-corrected chi connectivity index (χ2v) is 9.43. The van der Waals surface area contributed by atoms with Crippen molar-refractivity contribution in [1.82, 2.24) is 5.32 Å². The molecule has 7 heteroatoms. The smallest absolute Gasteiger partial charge is 0.261 e. The Labute approximate surface area is 177 Å². The number of sulfonamides is 1. The zero-order valence-corrected chi connectivity index (χ0v) is 17.8. The van der Waals surface area contributed by atoms with Gasteiger partial charge in [0.1, 0.15) is 0 Å². The maximum absolute atomic E-state index is 12.9. The number of nitrogens with one attached hydrogen (secondary N) is 2. The van der Waals surface area contributed by atoms with Gasteiger partial charge in [-0.2, -0.15) is 0 Å². The number of fused-ring (bicyclic) bond motifs is 3. The second kappa shape index (κ2) is 7.52. The molecule has 2 aliphatic heterocycles. The number of piperazine rings is 1. The van der Waals surface area contributed by atoms with Crippen LogP contribution in [0.1, 0.15) is 12.0 Å². The molecule has 0 amide bonds. The van der Waals surface area contributed by atoms with Crippen molar-refractivity contribution in [3.8, 4) is 0 Å². The molecule has 29 heavy (non-hydrogen) atoms. The van der Waals surface area contributed by atoms with Crippen LogP contribution in [0.3, 0.4) is 0 Å². The van der Waals surface area contributed by atoms with E-state index in [1.54, 1.807) is 12.1 Å². The number of nitrogens with zero attached hydrogens (tertiary/aromatic N) is 1. The van der Waals surface area contributed by atoms with Gasteiger partial charge in [-0.25, -0.2) is 8.42 Å². The van der Waals surface area contributed by atoms with Gasteiger partial charge in [0.15, 0.2) is 0 Å². The Kier molecular flexibility index (Phi) is 5.19. The van der Waals surface area contributed by atoms with Crippen LogP contribution in [0, 0.1) is 6.92 Å². The number of rotatable bonds is 4. The average molecular weight is 430 g/mol. The molecule has 2 unspecified atom stereocenters. The van der Waals surface area contributed by atoms with Gasteiger partial charge in [-0.05, 0) is 37.6 Å². The lowest BCUT2D eigenvalue weighted by Gasteiger charge is -2.31. The van der Waals surface area contributed by atoms with E-state index in [1.165, 1.54) is 12.1 Å². The Morgan fingerprint density at radius 3 is 2.38 bits per heavy atom. The molecular weight excluding hydrogens is 406 g/mol. The molecule has 2 atom stereocenters. The zero-order chi connectivity index (χ0) is 19.3. The van der Waals surface area contributed by atoms with Crippen LogP contribution in [-0.2, 0) is 10.0 Å². The Balaban J connectivity index is 0.00000205. The lowest BCUT2D eigenvalue weighted by Crippen LogP contribution is -2.43. The first kappa shape index (κ1) is 20.0. The minimum atomic E-state index is -3.64. The molecule has 0 aromatic heterocycles. The summed E-state index contributed by atoms with van der Waals surface area (Å²) in [5.41, 5.74) is 2.83. The topological polar surface area (TPSA) is 61.4 Å². The van der Waals surface area contributed by atoms with Gasteiger partial charge >= 0.3 is 0 Å². The van der Waals surface area contributed by atoms with Crippen LogP contribution >= 0.6 is 12.4 Å². The van der Waals surface area contributed by atoms with E-state index in [2.05, 4.69) is 27.1 Å². The van der Waals surface area contributed by atoms with Gasteiger partial charge in [0, 0.05) is 41.6 Å². The third kappa shape index (κ3) is 3.56. The monoisotopic (exact) mass is 429 g/mol. The fourth-order valence-corrected chi connectivity index (χ4v) is 5.48. The highest BCUT2D eigenvalue weighted by Gasteiger charge is 2.38. The highest BCUT2D eigenvalue weighted by molar-refractivity contribution is 7.92.